The van der Waals surface area contributed by atoms with Crippen LogP contribution >= 0.6 is 0 Å². The third kappa shape index (κ3) is 3.69. The van der Waals surface area contributed by atoms with Crippen LogP contribution in [0.1, 0.15) is 36.2 Å². The second-order valence-corrected chi connectivity index (χ2v) is 7.41. The van der Waals surface area contributed by atoms with Crippen LogP contribution in [0.3, 0.4) is 0 Å². The van der Waals surface area contributed by atoms with E-state index >= 15 is 0 Å². The average molecular weight is 339 g/mol. The highest BCUT2D eigenvalue weighted by Gasteiger charge is 2.51. The zero-order valence-corrected chi connectivity index (χ0v) is 15.0. The van der Waals surface area contributed by atoms with Crippen molar-refractivity contribution in [3.63, 3.8) is 0 Å². The quantitative estimate of drug-likeness (QED) is 0.862. The van der Waals surface area contributed by atoms with Gasteiger partial charge in [-0.2, -0.15) is 0 Å². The molecule has 1 N–H and O–H groups in total. The third-order valence-electron chi connectivity index (χ3n) is 5.29. The topological polar surface area (TPSA) is 49.8 Å². The van der Waals surface area contributed by atoms with E-state index in [-0.39, 0.29) is 11.5 Å². The van der Waals surface area contributed by atoms with Gasteiger partial charge in [-0.25, -0.2) is 4.79 Å². The molecule has 25 heavy (non-hydrogen) atoms. The molecule has 4 heteroatoms. The van der Waals surface area contributed by atoms with Crippen LogP contribution in [0.25, 0.3) is 0 Å². The number of hydrogen-bond donors (Lipinski definition) is 1. The normalized spacial score (nSPS) is 21.6. The molecule has 132 valence electrons. The van der Waals surface area contributed by atoms with Crippen molar-refractivity contribution in [2.24, 2.45) is 5.41 Å². The Morgan fingerprint density at radius 3 is 2.56 bits per heavy atom. The van der Waals surface area contributed by atoms with E-state index in [9.17, 15) is 4.79 Å². The van der Waals surface area contributed by atoms with Gasteiger partial charge in [0.15, 0.2) is 0 Å². The SMILES string of the molecule is CN(Cc1cccc(C(=O)O)c1)C1CC(Oc2ccccc2)C1(C)C. The van der Waals surface area contributed by atoms with Crippen LogP contribution in [0.15, 0.2) is 54.6 Å². The summed E-state index contributed by atoms with van der Waals surface area (Å²) >= 11 is 0. The zero-order valence-electron chi connectivity index (χ0n) is 15.0. The Hall–Kier alpha value is -2.33. The lowest BCUT2D eigenvalue weighted by molar-refractivity contribution is -0.101. The van der Waals surface area contributed by atoms with Crippen LogP contribution in [-0.2, 0) is 6.54 Å². The predicted octanol–water partition coefficient (Wildman–Crippen LogP) is 4.06. The molecule has 0 heterocycles. The third-order valence-corrected chi connectivity index (χ3v) is 5.29. The molecule has 2 atom stereocenters. The fourth-order valence-electron chi connectivity index (χ4n) is 3.68. The first-order valence-electron chi connectivity index (χ1n) is 8.62. The predicted molar refractivity (Wildman–Crippen MR) is 97.9 cm³/mol. The van der Waals surface area contributed by atoms with E-state index in [1.807, 2.05) is 36.4 Å². The van der Waals surface area contributed by atoms with Crippen LogP contribution in [0.5, 0.6) is 5.75 Å². The van der Waals surface area contributed by atoms with Crippen molar-refractivity contribution in [2.75, 3.05) is 7.05 Å². The summed E-state index contributed by atoms with van der Waals surface area (Å²) < 4.78 is 6.14. The number of carboxylic acid groups (broad SMARTS) is 1. The van der Waals surface area contributed by atoms with E-state index in [0.717, 1.165) is 24.3 Å². The van der Waals surface area contributed by atoms with E-state index in [0.29, 0.717) is 11.6 Å². The summed E-state index contributed by atoms with van der Waals surface area (Å²) in [5.41, 5.74) is 1.39. The Morgan fingerprint density at radius 2 is 1.92 bits per heavy atom. The molecular weight excluding hydrogens is 314 g/mol. The van der Waals surface area contributed by atoms with E-state index in [1.165, 1.54) is 0 Å². The first-order valence-corrected chi connectivity index (χ1v) is 8.62. The molecule has 3 rings (SSSR count). The lowest BCUT2D eigenvalue weighted by Crippen LogP contribution is -2.62. The second-order valence-electron chi connectivity index (χ2n) is 7.41. The molecule has 2 unspecified atom stereocenters. The van der Waals surface area contributed by atoms with Crippen LogP contribution < -0.4 is 4.74 Å². The van der Waals surface area contributed by atoms with Gasteiger partial charge < -0.3 is 9.84 Å². The molecule has 0 saturated heterocycles. The van der Waals surface area contributed by atoms with E-state index in [4.69, 9.17) is 9.84 Å². The van der Waals surface area contributed by atoms with Crippen molar-refractivity contribution in [3.8, 4) is 5.75 Å². The number of para-hydroxylation sites is 1. The molecule has 2 aromatic carbocycles. The smallest absolute Gasteiger partial charge is 0.335 e. The van der Waals surface area contributed by atoms with E-state index < -0.39 is 5.97 Å². The van der Waals surface area contributed by atoms with E-state index in [2.05, 4.69) is 25.8 Å². The van der Waals surface area contributed by atoms with Gasteiger partial charge in [0.2, 0.25) is 0 Å². The zero-order chi connectivity index (χ0) is 18.0. The van der Waals surface area contributed by atoms with Gasteiger partial charge in [0.05, 0.1) is 5.56 Å². The van der Waals surface area contributed by atoms with Crippen LogP contribution in [0.4, 0.5) is 0 Å². The highest BCUT2D eigenvalue weighted by molar-refractivity contribution is 5.87. The molecule has 0 radical (unpaired) electrons. The van der Waals surface area contributed by atoms with Gasteiger partial charge in [0.25, 0.3) is 0 Å². The van der Waals surface area contributed by atoms with Crippen molar-refractivity contribution in [1.29, 1.82) is 0 Å². The molecule has 0 aromatic heterocycles. The number of carbonyl (C=O) groups is 1. The van der Waals surface area contributed by atoms with Crippen molar-refractivity contribution in [1.82, 2.24) is 4.90 Å². The molecule has 0 bridgehead atoms. The second kappa shape index (κ2) is 6.89. The highest BCUT2D eigenvalue weighted by atomic mass is 16.5. The van der Waals surface area contributed by atoms with Gasteiger partial charge in [-0.15, -0.1) is 0 Å². The van der Waals surface area contributed by atoms with Gasteiger partial charge >= 0.3 is 5.97 Å². The minimum atomic E-state index is -0.884. The first-order chi connectivity index (χ1) is 11.9. The lowest BCUT2D eigenvalue weighted by Gasteiger charge is -2.54. The number of nitrogens with zero attached hydrogens (tertiary/aromatic N) is 1. The summed E-state index contributed by atoms with van der Waals surface area (Å²) in [6.07, 6.45) is 1.16. The maximum atomic E-state index is 11.1. The minimum absolute atomic E-state index is 0.0367. The van der Waals surface area contributed by atoms with Crippen LogP contribution in [-0.4, -0.2) is 35.2 Å². The maximum absolute atomic E-state index is 11.1. The molecule has 1 fully saturated rings. The number of aromatic carboxylic acids is 1. The van der Waals surface area contributed by atoms with Crippen LogP contribution in [0.2, 0.25) is 0 Å². The van der Waals surface area contributed by atoms with Gasteiger partial charge in [0, 0.05) is 24.4 Å². The van der Waals surface area contributed by atoms with Gasteiger partial charge in [-0.05, 0) is 36.9 Å². The largest absolute Gasteiger partial charge is 0.490 e. The molecular formula is C21H25NO3. The molecule has 0 aliphatic heterocycles. The average Bonchev–Trinajstić information content (AvgIpc) is 2.59. The lowest BCUT2D eigenvalue weighted by atomic mass is 9.63. The number of ether oxygens (including phenoxy) is 1. The summed E-state index contributed by atoms with van der Waals surface area (Å²) in [5, 5.41) is 9.14. The molecule has 1 aliphatic rings. The molecule has 0 amide bonds. The van der Waals surface area contributed by atoms with Crippen molar-refractivity contribution in [2.45, 2.75) is 39.0 Å². The molecule has 2 aromatic rings. The van der Waals surface area contributed by atoms with Gasteiger partial charge in [-0.1, -0.05) is 44.2 Å². The number of hydrogen-bond acceptors (Lipinski definition) is 3. The number of carboxylic acids is 1. The number of rotatable bonds is 6. The summed E-state index contributed by atoms with van der Waals surface area (Å²) in [6, 6.07) is 17.5. The Balaban J connectivity index is 1.63. The summed E-state index contributed by atoms with van der Waals surface area (Å²) in [4.78, 5) is 13.4. The van der Waals surface area contributed by atoms with Gasteiger partial charge in [-0.3, -0.25) is 4.90 Å². The van der Waals surface area contributed by atoms with Crippen molar-refractivity contribution >= 4 is 5.97 Å². The summed E-state index contributed by atoms with van der Waals surface area (Å²) in [7, 11) is 2.10. The molecule has 1 saturated carbocycles. The summed E-state index contributed by atoms with van der Waals surface area (Å²) in [5.74, 6) is 0.0284. The van der Waals surface area contributed by atoms with Crippen molar-refractivity contribution < 1.29 is 14.6 Å². The number of benzene rings is 2. The fourth-order valence-corrected chi connectivity index (χ4v) is 3.68. The Kier molecular flexibility index (Phi) is 4.82. The Labute approximate surface area is 149 Å². The maximum Gasteiger partial charge on any atom is 0.335 e. The summed E-state index contributed by atoms with van der Waals surface area (Å²) in [6.45, 7) is 5.20. The Morgan fingerprint density at radius 1 is 1.20 bits per heavy atom. The molecule has 1 aliphatic carbocycles. The standard InChI is InChI=1S/C21H25NO3/c1-21(2)18(13-19(21)25-17-10-5-4-6-11-17)22(3)14-15-8-7-9-16(12-15)20(23)24/h4-12,18-19H,13-14H2,1-3H3,(H,23,24). The first kappa shape index (κ1) is 17.5. The molecule has 4 nitrogen and oxygen atoms in total. The molecule has 0 spiro atoms. The van der Waals surface area contributed by atoms with Crippen LogP contribution in [0, 0.1) is 5.41 Å². The monoisotopic (exact) mass is 339 g/mol. The van der Waals surface area contributed by atoms with Crippen molar-refractivity contribution in [3.05, 3.63) is 65.7 Å². The fraction of sp³-hybridized carbons (Fsp3) is 0.381. The Bertz CT molecular complexity index is 742. The highest BCUT2D eigenvalue weighted by Crippen LogP contribution is 2.46. The van der Waals surface area contributed by atoms with Gasteiger partial charge in [0.1, 0.15) is 11.9 Å². The van der Waals surface area contributed by atoms with E-state index in [1.54, 1.807) is 18.2 Å². The minimum Gasteiger partial charge on any atom is -0.490 e.